The van der Waals surface area contributed by atoms with Gasteiger partial charge in [0.1, 0.15) is 5.75 Å². The van der Waals surface area contributed by atoms with Crippen LogP contribution >= 0.6 is 0 Å². The summed E-state index contributed by atoms with van der Waals surface area (Å²) in [4.78, 5) is 11.9. The van der Waals surface area contributed by atoms with Crippen LogP contribution in [-0.4, -0.2) is 13.1 Å². The maximum Gasteiger partial charge on any atom is 0.311 e. The highest BCUT2D eigenvalue weighted by Crippen LogP contribution is 2.27. The van der Waals surface area contributed by atoms with E-state index < -0.39 is 0 Å². The van der Waals surface area contributed by atoms with Gasteiger partial charge in [0, 0.05) is 12.5 Å². The number of hydrogen-bond acceptors (Lipinski definition) is 4. The van der Waals surface area contributed by atoms with Crippen molar-refractivity contribution >= 4 is 11.7 Å². The van der Waals surface area contributed by atoms with Crippen molar-refractivity contribution in [3.8, 4) is 11.5 Å². The lowest BCUT2D eigenvalue weighted by Gasteiger charge is -2.09. The van der Waals surface area contributed by atoms with E-state index in [1.54, 1.807) is 25.3 Å². The zero-order valence-corrected chi connectivity index (χ0v) is 12.7. The molecule has 0 amide bonds. The van der Waals surface area contributed by atoms with Crippen molar-refractivity contribution in [1.82, 2.24) is 0 Å². The molecule has 0 fully saturated rings. The Labute approximate surface area is 130 Å². The first-order valence-corrected chi connectivity index (χ1v) is 7.37. The molecule has 0 aliphatic heterocycles. The number of rotatable bonds is 7. The van der Waals surface area contributed by atoms with E-state index in [4.69, 9.17) is 15.2 Å². The third-order valence-electron chi connectivity index (χ3n) is 3.38. The number of esters is 1. The lowest BCUT2D eigenvalue weighted by Crippen LogP contribution is -2.09. The van der Waals surface area contributed by atoms with Gasteiger partial charge in [0.05, 0.1) is 12.8 Å². The highest BCUT2D eigenvalue weighted by atomic mass is 16.5. The third kappa shape index (κ3) is 4.81. The van der Waals surface area contributed by atoms with Gasteiger partial charge in [-0.05, 0) is 37.0 Å². The van der Waals surface area contributed by atoms with Gasteiger partial charge in [-0.15, -0.1) is 0 Å². The first kappa shape index (κ1) is 15.9. The molecule has 0 bridgehead atoms. The van der Waals surface area contributed by atoms with E-state index in [9.17, 15) is 4.79 Å². The lowest BCUT2D eigenvalue weighted by molar-refractivity contribution is -0.134. The molecule has 2 aromatic rings. The second-order valence-corrected chi connectivity index (χ2v) is 5.07. The molecule has 116 valence electrons. The monoisotopic (exact) mass is 299 g/mol. The van der Waals surface area contributed by atoms with Gasteiger partial charge in [0.15, 0.2) is 5.75 Å². The van der Waals surface area contributed by atoms with E-state index in [-0.39, 0.29) is 5.97 Å². The van der Waals surface area contributed by atoms with Crippen molar-refractivity contribution in [3.63, 3.8) is 0 Å². The minimum atomic E-state index is -0.270. The van der Waals surface area contributed by atoms with Gasteiger partial charge < -0.3 is 15.2 Å². The molecular weight excluding hydrogens is 278 g/mol. The zero-order valence-electron chi connectivity index (χ0n) is 12.7. The van der Waals surface area contributed by atoms with Gasteiger partial charge in [-0.25, -0.2) is 0 Å². The lowest BCUT2D eigenvalue weighted by atomic mass is 10.1. The number of nitrogen functional groups attached to an aromatic ring is 1. The number of hydrogen-bond donors (Lipinski definition) is 1. The summed E-state index contributed by atoms with van der Waals surface area (Å²) >= 11 is 0. The number of methoxy groups -OCH3 is 1. The van der Waals surface area contributed by atoms with Gasteiger partial charge in [0.2, 0.25) is 0 Å². The molecule has 4 heteroatoms. The molecule has 0 aliphatic rings. The number of ether oxygens (including phenoxy) is 2. The molecule has 4 nitrogen and oxygen atoms in total. The Hall–Kier alpha value is -2.49. The predicted octanol–water partition coefficient (Wildman–Crippen LogP) is 3.60. The molecule has 0 aliphatic carbocycles. The summed E-state index contributed by atoms with van der Waals surface area (Å²) in [6, 6.07) is 15.2. The highest BCUT2D eigenvalue weighted by molar-refractivity contribution is 5.74. The van der Waals surface area contributed by atoms with Crippen LogP contribution in [0.1, 0.15) is 24.8 Å². The van der Waals surface area contributed by atoms with Crippen molar-refractivity contribution in [2.75, 3.05) is 12.8 Å². The first-order chi connectivity index (χ1) is 10.7. The summed E-state index contributed by atoms with van der Waals surface area (Å²) < 4.78 is 10.4. The molecule has 2 aromatic carbocycles. The minimum absolute atomic E-state index is 0.270. The van der Waals surface area contributed by atoms with E-state index >= 15 is 0 Å². The third-order valence-corrected chi connectivity index (χ3v) is 3.38. The Kier molecular flexibility index (Phi) is 5.83. The van der Waals surface area contributed by atoms with Gasteiger partial charge in [-0.1, -0.05) is 30.3 Å². The van der Waals surface area contributed by atoms with Crippen LogP contribution in [0.3, 0.4) is 0 Å². The molecule has 0 aromatic heterocycles. The van der Waals surface area contributed by atoms with E-state index in [2.05, 4.69) is 12.1 Å². The molecule has 0 unspecified atom stereocenters. The summed E-state index contributed by atoms with van der Waals surface area (Å²) in [5.74, 6) is 0.696. The molecule has 2 N–H and O–H groups in total. The fraction of sp³-hybridized carbons (Fsp3) is 0.278. The van der Waals surface area contributed by atoms with Crippen LogP contribution in [0.25, 0.3) is 0 Å². The number of anilines is 1. The molecule has 2 rings (SSSR count). The van der Waals surface area contributed by atoms with Crippen LogP contribution in [0.5, 0.6) is 11.5 Å². The number of benzene rings is 2. The highest BCUT2D eigenvalue weighted by Gasteiger charge is 2.09. The predicted molar refractivity (Wildman–Crippen MR) is 87.0 cm³/mol. The topological polar surface area (TPSA) is 61.6 Å². The number of nitrogens with two attached hydrogens (primary N) is 1. The van der Waals surface area contributed by atoms with E-state index in [0.717, 1.165) is 19.3 Å². The SMILES string of the molecule is COc1ccc(N)c(OC(=O)CCCCc2ccccc2)c1. The Balaban J connectivity index is 1.76. The van der Waals surface area contributed by atoms with Crippen LogP contribution in [0.2, 0.25) is 0 Å². The smallest absolute Gasteiger partial charge is 0.311 e. The van der Waals surface area contributed by atoms with Crippen LogP contribution in [0.15, 0.2) is 48.5 Å². The van der Waals surface area contributed by atoms with Crippen LogP contribution in [0, 0.1) is 0 Å². The summed E-state index contributed by atoms with van der Waals surface area (Å²) in [7, 11) is 1.56. The maximum atomic E-state index is 11.9. The second-order valence-electron chi connectivity index (χ2n) is 5.07. The normalized spacial score (nSPS) is 10.2. The van der Waals surface area contributed by atoms with Crippen LogP contribution < -0.4 is 15.2 Å². The van der Waals surface area contributed by atoms with E-state index in [0.29, 0.717) is 23.6 Å². The molecule has 0 heterocycles. The van der Waals surface area contributed by atoms with Gasteiger partial charge >= 0.3 is 5.97 Å². The zero-order chi connectivity index (χ0) is 15.8. The Bertz CT molecular complexity index is 611. The summed E-state index contributed by atoms with van der Waals surface area (Å²) in [6.07, 6.45) is 3.09. The second kappa shape index (κ2) is 8.08. The first-order valence-electron chi connectivity index (χ1n) is 7.37. The average molecular weight is 299 g/mol. The molecule has 0 radical (unpaired) electrons. The quantitative estimate of drug-likeness (QED) is 0.367. The summed E-state index contributed by atoms with van der Waals surface area (Å²) in [5.41, 5.74) is 7.50. The number of carbonyl (C=O) groups excluding carboxylic acids is 1. The summed E-state index contributed by atoms with van der Waals surface area (Å²) in [6.45, 7) is 0. The fourth-order valence-electron chi connectivity index (χ4n) is 2.15. The Morgan fingerprint density at radius 3 is 2.59 bits per heavy atom. The van der Waals surface area contributed by atoms with Crippen molar-refractivity contribution in [2.24, 2.45) is 0 Å². The molecule has 0 saturated carbocycles. The largest absolute Gasteiger partial charge is 0.497 e. The standard InChI is InChI=1S/C18H21NO3/c1-21-15-11-12-16(19)17(13-15)22-18(20)10-6-5-9-14-7-3-2-4-8-14/h2-4,7-8,11-13H,5-6,9-10,19H2,1H3. The fourth-order valence-corrected chi connectivity index (χ4v) is 2.15. The van der Waals surface area contributed by atoms with Gasteiger partial charge in [-0.3, -0.25) is 4.79 Å². The van der Waals surface area contributed by atoms with Gasteiger partial charge in [-0.2, -0.15) is 0 Å². The molecule has 0 spiro atoms. The molecule has 0 atom stereocenters. The average Bonchev–Trinajstić information content (AvgIpc) is 2.54. The van der Waals surface area contributed by atoms with Crippen LogP contribution in [-0.2, 0) is 11.2 Å². The van der Waals surface area contributed by atoms with E-state index in [1.165, 1.54) is 5.56 Å². The van der Waals surface area contributed by atoms with Crippen LogP contribution in [0.4, 0.5) is 5.69 Å². The minimum Gasteiger partial charge on any atom is -0.497 e. The number of carbonyl (C=O) groups is 1. The Morgan fingerprint density at radius 1 is 1.09 bits per heavy atom. The van der Waals surface area contributed by atoms with Crippen molar-refractivity contribution < 1.29 is 14.3 Å². The molecule has 0 saturated heterocycles. The molecular formula is C18H21NO3. The van der Waals surface area contributed by atoms with Crippen molar-refractivity contribution in [2.45, 2.75) is 25.7 Å². The number of aryl methyl sites for hydroxylation is 1. The van der Waals surface area contributed by atoms with E-state index in [1.807, 2.05) is 18.2 Å². The number of unbranched alkanes of at least 4 members (excludes halogenated alkanes) is 1. The maximum absolute atomic E-state index is 11.9. The molecule has 22 heavy (non-hydrogen) atoms. The summed E-state index contributed by atoms with van der Waals surface area (Å²) in [5, 5.41) is 0. The Morgan fingerprint density at radius 2 is 1.86 bits per heavy atom. The van der Waals surface area contributed by atoms with Crippen molar-refractivity contribution in [3.05, 3.63) is 54.1 Å². The van der Waals surface area contributed by atoms with Gasteiger partial charge in [0.25, 0.3) is 0 Å². The van der Waals surface area contributed by atoms with Crippen molar-refractivity contribution in [1.29, 1.82) is 0 Å².